The SMILES string of the molecule is N#Cc1ccc(F)c([C@H]2CCCN2)c1. The summed E-state index contributed by atoms with van der Waals surface area (Å²) in [6.07, 6.45) is 2.02. The number of nitrogens with one attached hydrogen (secondary N) is 1. The summed E-state index contributed by atoms with van der Waals surface area (Å²) in [4.78, 5) is 0. The van der Waals surface area contributed by atoms with Crippen LogP contribution in [0, 0.1) is 17.1 Å². The van der Waals surface area contributed by atoms with Gasteiger partial charge in [0.15, 0.2) is 0 Å². The van der Waals surface area contributed by atoms with Crippen LogP contribution in [0.1, 0.15) is 30.0 Å². The van der Waals surface area contributed by atoms with Crippen LogP contribution in [-0.2, 0) is 0 Å². The van der Waals surface area contributed by atoms with E-state index in [0.29, 0.717) is 11.1 Å². The molecule has 3 heteroatoms. The standard InChI is InChI=1S/C11H11FN2/c12-10-4-3-8(7-13)6-9(10)11-2-1-5-14-11/h3-4,6,11,14H,1-2,5H2/t11-/m1/s1. The first kappa shape index (κ1) is 9.17. The van der Waals surface area contributed by atoms with E-state index in [-0.39, 0.29) is 11.9 Å². The van der Waals surface area contributed by atoms with Crippen molar-refractivity contribution < 1.29 is 4.39 Å². The lowest BCUT2D eigenvalue weighted by Gasteiger charge is -2.11. The minimum absolute atomic E-state index is 0.0864. The average Bonchev–Trinajstić information content (AvgIpc) is 2.71. The fourth-order valence-corrected chi connectivity index (χ4v) is 1.83. The summed E-state index contributed by atoms with van der Waals surface area (Å²) in [5.41, 5.74) is 1.15. The third-order valence-corrected chi connectivity index (χ3v) is 2.56. The van der Waals surface area contributed by atoms with Gasteiger partial charge in [-0.15, -0.1) is 0 Å². The molecule has 1 heterocycles. The first-order chi connectivity index (χ1) is 6.81. The van der Waals surface area contributed by atoms with Crippen LogP contribution in [0.5, 0.6) is 0 Å². The van der Waals surface area contributed by atoms with Gasteiger partial charge in [-0.25, -0.2) is 4.39 Å². The lowest BCUT2D eigenvalue weighted by Crippen LogP contribution is -2.14. The van der Waals surface area contributed by atoms with E-state index in [1.807, 2.05) is 6.07 Å². The molecule has 1 atom stereocenters. The van der Waals surface area contributed by atoms with Crippen LogP contribution in [0.25, 0.3) is 0 Å². The van der Waals surface area contributed by atoms with Crippen molar-refractivity contribution in [3.8, 4) is 6.07 Å². The zero-order valence-corrected chi connectivity index (χ0v) is 7.76. The Morgan fingerprint density at radius 3 is 3.00 bits per heavy atom. The van der Waals surface area contributed by atoms with E-state index in [0.717, 1.165) is 19.4 Å². The lowest BCUT2D eigenvalue weighted by atomic mass is 10.0. The predicted molar refractivity (Wildman–Crippen MR) is 51.1 cm³/mol. The summed E-state index contributed by atoms with van der Waals surface area (Å²) in [7, 11) is 0. The molecule has 2 rings (SSSR count). The van der Waals surface area contributed by atoms with E-state index in [2.05, 4.69) is 5.32 Å². The Morgan fingerprint density at radius 2 is 2.36 bits per heavy atom. The van der Waals surface area contributed by atoms with Crippen molar-refractivity contribution in [2.75, 3.05) is 6.54 Å². The highest BCUT2D eigenvalue weighted by Gasteiger charge is 2.19. The second-order valence-corrected chi connectivity index (χ2v) is 3.50. The van der Waals surface area contributed by atoms with Gasteiger partial charge in [0.1, 0.15) is 5.82 Å². The highest BCUT2D eigenvalue weighted by molar-refractivity contribution is 5.35. The van der Waals surface area contributed by atoms with Crippen LogP contribution >= 0.6 is 0 Å². The average molecular weight is 190 g/mol. The van der Waals surface area contributed by atoms with Gasteiger partial charge in [0, 0.05) is 11.6 Å². The third-order valence-electron chi connectivity index (χ3n) is 2.56. The van der Waals surface area contributed by atoms with Crippen molar-refractivity contribution >= 4 is 0 Å². The molecule has 72 valence electrons. The Balaban J connectivity index is 2.35. The molecule has 0 amide bonds. The van der Waals surface area contributed by atoms with Gasteiger partial charge in [-0.2, -0.15) is 5.26 Å². The molecule has 1 aromatic rings. The van der Waals surface area contributed by atoms with Gasteiger partial charge >= 0.3 is 0 Å². The zero-order valence-electron chi connectivity index (χ0n) is 7.76. The molecule has 1 fully saturated rings. The molecule has 0 aromatic heterocycles. The van der Waals surface area contributed by atoms with E-state index in [9.17, 15) is 4.39 Å². The molecule has 1 aromatic carbocycles. The van der Waals surface area contributed by atoms with Gasteiger partial charge in [0.05, 0.1) is 11.6 Å². The number of hydrogen-bond donors (Lipinski definition) is 1. The summed E-state index contributed by atoms with van der Waals surface area (Å²) in [6, 6.07) is 6.62. The Labute approximate surface area is 82.4 Å². The van der Waals surface area contributed by atoms with Crippen molar-refractivity contribution in [1.82, 2.24) is 5.32 Å². The fourth-order valence-electron chi connectivity index (χ4n) is 1.83. The molecular weight excluding hydrogens is 179 g/mol. The topological polar surface area (TPSA) is 35.8 Å². The summed E-state index contributed by atoms with van der Waals surface area (Å²) in [5, 5.41) is 11.9. The number of nitrogens with zero attached hydrogens (tertiary/aromatic N) is 1. The molecule has 0 aliphatic carbocycles. The molecule has 0 spiro atoms. The summed E-state index contributed by atoms with van der Waals surface area (Å²) < 4.78 is 13.4. The van der Waals surface area contributed by atoms with Crippen LogP contribution in [-0.4, -0.2) is 6.54 Å². The maximum absolute atomic E-state index is 13.4. The molecule has 14 heavy (non-hydrogen) atoms. The van der Waals surface area contributed by atoms with Gasteiger partial charge < -0.3 is 5.32 Å². The molecule has 0 unspecified atom stereocenters. The number of rotatable bonds is 1. The van der Waals surface area contributed by atoms with Crippen LogP contribution in [0.4, 0.5) is 4.39 Å². The number of halogens is 1. The van der Waals surface area contributed by atoms with E-state index in [1.54, 1.807) is 6.07 Å². The van der Waals surface area contributed by atoms with Gasteiger partial charge in [-0.3, -0.25) is 0 Å². The summed E-state index contributed by atoms with van der Waals surface area (Å²) >= 11 is 0. The molecule has 1 aliphatic heterocycles. The minimum atomic E-state index is -0.219. The Bertz CT molecular complexity index is 375. The second kappa shape index (κ2) is 3.77. The molecule has 0 radical (unpaired) electrons. The highest BCUT2D eigenvalue weighted by Crippen LogP contribution is 2.25. The number of hydrogen-bond acceptors (Lipinski definition) is 2. The van der Waals surface area contributed by atoms with Crippen LogP contribution in [0.2, 0.25) is 0 Å². The fraction of sp³-hybridized carbons (Fsp3) is 0.364. The number of benzene rings is 1. The maximum Gasteiger partial charge on any atom is 0.128 e. The van der Waals surface area contributed by atoms with Crippen molar-refractivity contribution in [2.24, 2.45) is 0 Å². The van der Waals surface area contributed by atoms with Crippen LogP contribution < -0.4 is 5.32 Å². The van der Waals surface area contributed by atoms with Gasteiger partial charge in [0.25, 0.3) is 0 Å². The summed E-state index contributed by atoms with van der Waals surface area (Å²) in [6.45, 7) is 0.931. The van der Waals surface area contributed by atoms with Crippen molar-refractivity contribution in [3.63, 3.8) is 0 Å². The highest BCUT2D eigenvalue weighted by atomic mass is 19.1. The monoisotopic (exact) mass is 190 g/mol. The van der Waals surface area contributed by atoms with Gasteiger partial charge in [-0.1, -0.05) is 0 Å². The Morgan fingerprint density at radius 1 is 1.50 bits per heavy atom. The molecular formula is C11H11FN2. The smallest absolute Gasteiger partial charge is 0.128 e. The van der Waals surface area contributed by atoms with Crippen molar-refractivity contribution in [3.05, 3.63) is 35.1 Å². The quantitative estimate of drug-likeness (QED) is 0.736. The van der Waals surface area contributed by atoms with E-state index < -0.39 is 0 Å². The number of nitriles is 1. The van der Waals surface area contributed by atoms with Gasteiger partial charge in [0.2, 0.25) is 0 Å². The van der Waals surface area contributed by atoms with Crippen molar-refractivity contribution in [2.45, 2.75) is 18.9 Å². The van der Waals surface area contributed by atoms with E-state index in [4.69, 9.17) is 5.26 Å². The second-order valence-electron chi connectivity index (χ2n) is 3.50. The first-order valence-electron chi connectivity index (χ1n) is 4.74. The molecule has 0 bridgehead atoms. The molecule has 1 saturated heterocycles. The normalized spacial score (nSPS) is 20.7. The minimum Gasteiger partial charge on any atom is -0.310 e. The Hall–Kier alpha value is -1.40. The van der Waals surface area contributed by atoms with E-state index in [1.165, 1.54) is 12.1 Å². The molecule has 1 aliphatic rings. The predicted octanol–water partition coefficient (Wildman–Crippen LogP) is 2.12. The largest absolute Gasteiger partial charge is 0.310 e. The zero-order chi connectivity index (χ0) is 9.97. The van der Waals surface area contributed by atoms with Crippen LogP contribution in [0.3, 0.4) is 0 Å². The third kappa shape index (κ3) is 1.61. The van der Waals surface area contributed by atoms with Gasteiger partial charge in [-0.05, 0) is 37.6 Å². The molecule has 0 saturated carbocycles. The van der Waals surface area contributed by atoms with Crippen molar-refractivity contribution in [1.29, 1.82) is 5.26 Å². The first-order valence-corrected chi connectivity index (χ1v) is 4.74. The Kier molecular flexibility index (Phi) is 2.47. The summed E-state index contributed by atoms with van der Waals surface area (Å²) in [5.74, 6) is -0.219. The molecule has 1 N–H and O–H groups in total. The maximum atomic E-state index is 13.4. The molecule has 2 nitrogen and oxygen atoms in total. The lowest BCUT2D eigenvalue weighted by molar-refractivity contribution is 0.558. The van der Waals surface area contributed by atoms with Crippen LogP contribution in [0.15, 0.2) is 18.2 Å². The van der Waals surface area contributed by atoms with E-state index >= 15 is 0 Å².